The van der Waals surface area contributed by atoms with E-state index >= 15 is 0 Å². The Kier molecular flexibility index (Phi) is 5.65. The van der Waals surface area contributed by atoms with Gasteiger partial charge in [-0.15, -0.1) is 0 Å². The molecule has 2 aromatic rings. The van der Waals surface area contributed by atoms with Crippen molar-refractivity contribution >= 4 is 6.03 Å². The number of urea groups is 1. The molecule has 0 bridgehead atoms. The summed E-state index contributed by atoms with van der Waals surface area (Å²) in [5.74, 6) is 0. The van der Waals surface area contributed by atoms with E-state index in [1.807, 2.05) is 41.0 Å². The highest BCUT2D eigenvalue weighted by Crippen LogP contribution is 2.23. The molecule has 1 N–H and O–H groups in total. The molecule has 1 saturated heterocycles. The maximum absolute atomic E-state index is 12.7. The van der Waals surface area contributed by atoms with Gasteiger partial charge in [-0.2, -0.15) is 5.10 Å². The Labute approximate surface area is 148 Å². The van der Waals surface area contributed by atoms with E-state index in [9.17, 15) is 4.79 Å². The summed E-state index contributed by atoms with van der Waals surface area (Å²) in [4.78, 5) is 18.6. The van der Waals surface area contributed by atoms with Crippen LogP contribution in [0.3, 0.4) is 0 Å². The van der Waals surface area contributed by atoms with Crippen molar-refractivity contribution in [2.75, 3.05) is 19.7 Å². The molecular weight excluding hydrogens is 318 g/mol. The Bertz CT molecular complexity index is 688. The molecule has 2 atom stereocenters. The van der Waals surface area contributed by atoms with Gasteiger partial charge >= 0.3 is 6.03 Å². The molecule has 1 aliphatic rings. The number of rotatable bonds is 5. The Morgan fingerprint density at radius 1 is 1.40 bits per heavy atom. The topological polar surface area (TPSA) is 72.3 Å². The van der Waals surface area contributed by atoms with E-state index in [0.717, 1.165) is 24.1 Å². The monoisotopic (exact) mass is 343 g/mol. The number of carbonyl (C=O) groups is 1. The number of ether oxygens (including phenoxy) is 1. The van der Waals surface area contributed by atoms with Crippen molar-refractivity contribution in [1.82, 2.24) is 25.0 Å². The van der Waals surface area contributed by atoms with Crippen molar-refractivity contribution in [3.63, 3.8) is 0 Å². The van der Waals surface area contributed by atoms with Crippen LogP contribution in [0.25, 0.3) is 0 Å². The third kappa shape index (κ3) is 4.17. The zero-order chi connectivity index (χ0) is 17.6. The van der Waals surface area contributed by atoms with Crippen molar-refractivity contribution in [2.24, 2.45) is 0 Å². The molecule has 7 nitrogen and oxygen atoms in total. The lowest BCUT2D eigenvalue weighted by Gasteiger charge is -2.33. The van der Waals surface area contributed by atoms with Gasteiger partial charge in [0.1, 0.15) is 6.10 Å². The summed E-state index contributed by atoms with van der Waals surface area (Å²) in [5, 5.41) is 7.42. The Morgan fingerprint density at radius 2 is 2.20 bits per heavy atom. The largest absolute Gasteiger partial charge is 0.370 e. The van der Waals surface area contributed by atoms with Crippen LogP contribution in [-0.2, 0) is 11.3 Å². The first-order valence-corrected chi connectivity index (χ1v) is 8.80. The summed E-state index contributed by atoms with van der Waals surface area (Å²) in [6, 6.07) is 3.81. The minimum absolute atomic E-state index is 0.0142. The van der Waals surface area contributed by atoms with Gasteiger partial charge in [-0.1, -0.05) is 6.92 Å². The fraction of sp³-hybridized carbons (Fsp3) is 0.500. The average molecular weight is 343 g/mol. The van der Waals surface area contributed by atoms with E-state index in [0.29, 0.717) is 19.7 Å². The van der Waals surface area contributed by atoms with E-state index in [2.05, 4.69) is 22.3 Å². The molecule has 1 aliphatic heterocycles. The Balaban J connectivity index is 1.63. The van der Waals surface area contributed by atoms with Crippen LogP contribution < -0.4 is 5.32 Å². The third-order valence-corrected chi connectivity index (χ3v) is 4.52. The van der Waals surface area contributed by atoms with Crippen LogP contribution in [0, 0.1) is 0 Å². The zero-order valence-electron chi connectivity index (χ0n) is 14.8. The molecule has 7 heteroatoms. The van der Waals surface area contributed by atoms with Gasteiger partial charge < -0.3 is 15.0 Å². The highest BCUT2D eigenvalue weighted by atomic mass is 16.5. The van der Waals surface area contributed by atoms with Crippen LogP contribution in [0.2, 0.25) is 0 Å². The van der Waals surface area contributed by atoms with Crippen molar-refractivity contribution < 1.29 is 9.53 Å². The fourth-order valence-electron chi connectivity index (χ4n) is 3.01. The first kappa shape index (κ1) is 17.4. The molecule has 0 spiro atoms. The SMILES string of the molecule is CCC(NC(=O)N1CCOC(c2cnn(CC)c2)C1)c1ccncc1. The number of aromatic nitrogens is 3. The molecule has 2 unspecified atom stereocenters. The predicted molar refractivity (Wildman–Crippen MR) is 94.0 cm³/mol. The molecule has 25 heavy (non-hydrogen) atoms. The molecule has 0 aromatic carbocycles. The second kappa shape index (κ2) is 8.11. The quantitative estimate of drug-likeness (QED) is 0.905. The molecule has 1 fully saturated rings. The molecule has 0 aliphatic carbocycles. The van der Waals surface area contributed by atoms with E-state index in [1.54, 1.807) is 12.4 Å². The zero-order valence-corrected chi connectivity index (χ0v) is 14.8. The van der Waals surface area contributed by atoms with Crippen LogP contribution in [0.15, 0.2) is 36.9 Å². The van der Waals surface area contributed by atoms with Crippen molar-refractivity contribution in [3.05, 3.63) is 48.0 Å². The first-order chi connectivity index (χ1) is 12.2. The molecule has 3 rings (SSSR count). The van der Waals surface area contributed by atoms with Crippen molar-refractivity contribution in [1.29, 1.82) is 0 Å². The van der Waals surface area contributed by atoms with Gasteiger partial charge in [-0.05, 0) is 31.0 Å². The van der Waals surface area contributed by atoms with E-state index < -0.39 is 0 Å². The van der Waals surface area contributed by atoms with Gasteiger partial charge in [0, 0.05) is 37.2 Å². The van der Waals surface area contributed by atoms with Crippen molar-refractivity contribution in [2.45, 2.75) is 39.0 Å². The summed E-state index contributed by atoms with van der Waals surface area (Å²) in [6.07, 6.45) is 8.01. The van der Waals surface area contributed by atoms with Gasteiger partial charge in [0.2, 0.25) is 0 Å². The number of carbonyl (C=O) groups excluding carboxylic acids is 1. The maximum Gasteiger partial charge on any atom is 0.318 e. The number of nitrogens with one attached hydrogen (secondary N) is 1. The number of aryl methyl sites for hydroxylation is 1. The molecular formula is C18H25N5O2. The summed E-state index contributed by atoms with van der Waals surface area (Å²) >= 11 is 0. The van der Waals surface area contributed by atoms with Gasteiger partial charge in [0.05, 0.1) is 25.4 Å². The summed E-state index contributed by atoms with van der Waals surface area (Å²) in [6.45, 7) is 6.59. The summed E-state index contributed by atoms with van der Waals surface area (Å²) in [7, 11) is 0. The lowest BCUT2D eigenvalue weighted by Crippen LogP contribution is -2.48. The van der Waals surface area contributed by atoms with Gasteiger partial charge in [0.15, 0.2) is 0 Å². The van der Waals surface area contributed by atoms with E-state index in [4.69, 9.17) is 4.74 Å². The number of hydrogen-bond donors (Lipinski definition) is 1. The first-order valence-electron chi connectivity index (χ1n) is 8.80. The Hall–Kier alpha value is -2.41. The molecule has 2 amide bonds. The van der Waals surface area contributed by atoms with Crippen LogP contribution in [0.4, 0.5) is 4.79 Å². The third-order valence-electron chi connectivity index (χ3n) is 4.52. The van der Waals surface area contributed by atoms with E-state index in [-0.39, 0.29) is 18.2 Å². The molecule has 0 saturated carbocycles. The minimum atomic E-state index is -0.124. The Morgan fingerprint density at radius 3 is 2.88 bits per heavy atom. The normalized spacial score (nSPS) is 18.8. The van der Waals surface area contributed by atoms with Crippen LogP contribution in [-0.4, -0.2) is 45.4 Å². The van der Waals surface area contributed by atoms with Crippen LogP contribution in [0.1, 0.15) is 43.5 Å². The highest BCUT2D eigenvalue weighted by molar-refractivity contribution is 5.75. The second-order valence-electron chi connectivity index (χ2n) is 6.13. The number of hydrogen-bond acceptors (Lipinski definition) is 4. The van der Waals surface area contributed by atoms with Gasteiger partial charge in [0.25, 0.3) is 0 Å². The summed E-state index contributed by atoms with van der Waals surface area (Å²) in [5.41, 5.74) is 2.08. The summed E-state index contributed by atoms with van der Waals surface area (Å²) < 4.78 is 7.70. The fourth-order valence-corrected chi connectivity index (χ4v) is 3.01. The van der Waals surface area contributed by atoms with Gasteiger partial charge in [-0.25, -0.2) is 4.79 Å². The standard InChI is InChI=1S/C18H25N5O2/c1-3-16(14-5-7-19-8-6-14)21-18(24)22-9-10-25-17(13-22)15-11-20-23(4-2)12-15/h5-8,11-12,16-17H,3-4,9-10,13H2,1-2H3,(H,21,24). The van der Waals surface area contributed by atoms with Crippen LogP contribution >= 0.6 is 0 Å². The second-order valence-corrected chi connectivity index (χ2v) is 6.13. The number of amides is 2. The molecule has 134 valence electrons. The van der Waals surface area contributed by atoms with Crippen LogP contribution in [0.5, 0.6) is 0 Å². The minimum Gasteiger partial charge on any atom is -0.370 e. The number of morpholine rings is 1. The lowest BCUT2D eigenvalue weighted by molar-refractivity contribution is -0.0158. The highest BCUT2D eigenvalue weighted by Gasteiger charge is 2.27. The molecule has 0 radical (unpaired) electrons. The lowest BCUT2D eigenvalue weighted by atomic mass is 10.1. The molecule has 3 heterocycles. The number of nitrogens with zero attached hydrogens (tertiary/aromatic N) is 4. The maximum atomic E-state index is 12.7. The van der Waals surface area contributed by atoms with Gasteiger partial charge in [-0.3, -0.25) is 9.67 Å². The number of pyridine rings is 1. The van der Waals surface area contributed by atoms with E-state index in [1.165, 1.54) is 0 Å². The predicted octanol–water partition coefficient (Wildman–Crippen LogP) is 2.53. The molecule has 2 aromatic heterocycles. The van der Waals surface area contributed by atoms with Crippen molar-refractivity contribution in [3.8, 4) is 0 Å². The smallest absolute Gasteiger partial charge is 0.318 e. The average Bonchev–Trinajstić information content (AvgIpc) is 3.16.